The third-order valence-electron chi connectivity index (χ3n) is 14.3. The largest absolute Gasteiger partial charge is 0.458 e. The molecule has 16 nitrogen and oxygen atoms in total. The Morgan fingerprint density at radius 3 is 1.24 bits per heavy atom. The molecule has 10 aromatic rings. The summed E-state index contributed by atoms with van der Waals surface area (Å²) < 4.78 is 35.9. The van der Waals surface area contributed by atoms with Crippen molar-refractivity contribution in [1.82, 2.24) is 30.9 Å². The normalized spacial score (nSPS) is 13.3. The maximum absolute atomic E-state index is 13.4. The first-order valence-corrected chi connectivity index (χ1v) is 28.2. The van der Waals surface area contributed by atoms with Crippen LogP contribution in [0.25, 0.3) is 21.9 Å². The number of carbonyl (C=O) groups excluding carboxylic acids is 2. The van der Waals surface area contributed by atoms with Gasteiger partial charge in [0, 0.05) is 34.2 Å². The van der Waals surface area contributed by atoms with Gasteiger partial charge in [-0.1, -0.05) is 95.2 Å². The highest BCUT2D eigenvalue weighted by atomic mass is 16.5. The molecule has 2 amide bonds. The number of nitrogens with two attached hydrogens (primary N) is 2. The van der Waals surface area contributed by atoms with E-state index >= 15 is 0 Å². The number of aromatic nitrogens is 4. The van der Waals surface area contributed by atoms with Gasteiger partial charge in [0.1, 0.15) is 46.4 Å². The van der Waals surface area contributed by atoms with Crippen molar-refractivity contribution in [3.05, 3.63) is 235 Å². The van der Waals surface area contributed by atoms with Crippen LogP contribution in [-0.2, 0) is 31.9 Å². The third kappa shape index (κ3) is 14.8. The minimum Gasteiger partial charge on any atom is -0.458 e. The maximum Gasteiger partial charge on any atom is 0.225 e. The molecular formula is C68H76N8O8. The number of carbonyl (C=O) groups is 2. The Labute approximate surface area is 490 Å². The van der Waals surface area contributed by atoms with Crippen molar-refractivity contribution in [1.29, 1.82) is 0 Å². The molecule has 6 aromatic heterocycles. The number of rotatable bonds is 20. The molecular weight excluding hydrogens is 1060 g/mol. The molecule has 84 heavy (non-hydrogen) atoms. The molecule has 0 fully saturated rings. The number of fused-ring (bicyclic) bond motifs is 2. The summed E-state index contributed by atoms with van der Waals surface area (Å²) in [5, 5.41) is 16.4. The molecule has 436 valence electrons. The Balaban J connectivity index is 0.000000202. The zero-order chi connectivity index (χ0) is 60.0. The van der Waals surface area contributed by atoms with Gasteiger partial charge in [0.25, 0.3) is 0 Å². The van der Waals surface area contributed by atoms with Gasteiger partial charge in [0.15, 0.2) is 0 Å². The zero-order valence-corrected chi connectivity index (χ0v) is 50.0. The summed E-state index contributed by atoms with van der Waals surface area (Å²) in [7, 11) is 0. The van der Waals surface area contributed by atoms with Crippen molar-refractivity contribution in [2.75, 3.05) is 13.2 Å². The summed E-state index contributed by atoms with van der Waals surface area (Å²) in [6.07, 6.45) is 3.02. The highest BCUT2D eigenvalue weighted by Gasteiger charge is 2.31. The lowest BCUT2D eigenvalue weighted by molar-refractivity contribution is -0.121. The van der Waals surface area contributed by atoms with E-state index in [1.165, 1.54) is 0 Å². The van der Waals surface area contributed by atoms with Crippen LogP contribution in [0, 0.1) is 55.4 Å². The summed E-state index contributed by atoms with van der Waals surface area (Å²) in [6.45, 7) is 23.8. The van der Waals surface area contributed by atoms with Crippen molar-refractivity contribution in [2.24, 2.45) is 11.5 Å². The Morgan fingerprint density at radius 1 is 0.524 bits per heavy atom. The number of amides is 2. The van der Waals surface area contributed by atoms with Gasteiger partial charge in [0.05, 0.1) is 72.0 Å². The smallest absolute Gasteiger partial charge is 0.225 e. The van der Waals surface area contributed by atoms with Crippen LogP contribution in [0.3, 0.4) is 0 Å². The fourth-order valence-corrected chi connectivity index (χ4v) is 10.4. The third-order valence-corrected chi connectivity index (χ3v) is 14.3. The van der Waals surface area contributed by atoms with Crippen LogP contribution >= 0.6 is 0 Å². The van der Waals surface area contributed by atoms with Gasteiger partial charge >= 0.3 is 0 Å². The summed E-state index contributed by atoms with van der Waals surface area (Å²) in [6, 6.07) is 38.7. The van der Waals surface area contributed by atoms with E-state index in [0.29, 0.717) is 47.4 Å². The predicted molar refractivity (Wildman–Crippen MR) is 324 cm³/mol. The summed E-state index contributed by atoms with van der Waals surface area (Å²) >= 11 is 0. The first-order valence-electron chi connectivity index (χ1n) is 28.2. The molecule has 0 spiro atoms. The number of nitrogens with zero attached hydrogens (tertiary/aromatic N) is 4. The van der Waals surface area contributed by atoms with E-state index in [1.807, 2.05) is 205 Å². The molecule has 0 aliphatic carbocycles. The average molecular weight is 1130 g/mol. The Bertz CT molecular complexity index is 3610. The number of benzene rings is 4. The Kier molecular flexibility index (Phi) is 18.3. The number of aryl methyl sites for hydroxylation is 8. The van der Waals surface area contributed by atoms with E-state index < -0.39 is 23.3 Å². The highest BCUT2D eigenvalue weighted by molar-refractivity contribution is 5.85. The van der Waals surface area contributed by atoms with Crippen molar-refractivity contribution in [2.45, 2.75) is 131 Å². The van der Waals surface area contributed by atoms with Crippen LogP contribution in [-0.4, -0.2) is 56.4 Å². The van der Waals surface area contributed by atoms with Crippen LogP contribution in [0.4, 0.5) is 0 Å². The van der Waals surface area contributed by atoms with E-state index in [1.54, 1.807) is 0 Å². The molecule has 6 N–H and O–H groups in total. The van der Waals surface area contributed by atoms with E-state index in [0.717, 1.165) is 89.2 Å². The van der Waals surface area contributed by atoms with Gasteiger partial charge in [-0.15, -0.1) is 0 Å². The Hall–Kier alpha value is -8.54. The molecule has 0 saturated heterocycles. The molecule has 0 aliphatic heterocycles. The first-order chi connectivity index (χ1) is 40.0. The van der Waals surface area contributed by atoms with E-state index in [2.05, 4.69) is 43.0 Å². The second-order valence-corrected chi connectivity index (χ2v) is 23.5. The maximum atomic E-state index is 13.4. The first kappa shape index (κ1) is 60.1. The van der Waals surface area contributed by atoms with Crippen LogP contribution in [0.15, 0.2) is 152 Å². The molecule has 0 aliphatic rings. The average Bonchev–Trinajstić information content (AvgIpc) is 4.12. The molecule has 0 unspecified atom stereocenters. The molecule has 4 aromatic carbocycles. The second kappa shape index (κ2) is 25.5. The molecule has 0 saturated carbocycles. The van der Waals surface area contributed by atoms with E-state index in [9.17, 15) is 9.59 Å². The van der Waals surface area contributed by atoms with Gasteiger partial charge in [-0.2, -0.15) is 0 Å². The topological polar surface area (TPSA) is 233 Å². The van der Waals surface area contributed by atoms with Crippen molar-refractivity contribution < 1.29 is 36.9 Å². The molecule has 4 atom stereocenters. The highest BCUT2D eigenvalue weighted by Crippen LogP contribution is 2.38. The summed E-state index contributed by atoms with van der Waals surface area (Å²) in [4.78, 5) is 36.2. The molecule has 0 radical (unpaired) electrons. The van der Waals surface area contributed by atoms with Crippen molar-refractivity contribution in [3.8, 4) is 0 Å². The van der Waals surface area contributed by atoms with Crippen LogP contribution in [0.2, 0.25) is 0 Å². The fourth-order valence-electron chi connectivity index (χ4n) is 10.4. The van der Waals surface area contributed by atoms with E-state index in [4.69, 9.17) is 38.8 Å². The Morgan fingerprint density at radius 2 is 0.905 bits per heavy atom. The predicted octanol–water partition coefficient (Wildman–Crippen LogP) is 12.7. The number of hydrogen-bond donors (Lipinski definition) is 4. The lowest BCUT2D eigenvalue weighted by atomic mass is 9.98. The fraction of sp³-hybridized carbons (Fsp3) is 0.324. The van der Waals surface area contributed by atoms with Crippen molar-refractivity contribution in [3.63, 3.8) is 0 Å². The van der Waals surface area contributed by atoms with Gasteiger partial charge in [-0.25, -0.2) is 0 Å². The van der Waals surface area contributed by atoms with E-state index in [-0.39, 0.29) is 36.7 Å². The second-order valence-electron chi connectivity index (χ2n) is 23.5. The van der Waals surface area contributed by atoms with Crippen LogP contribution in [0.5, 0.6) is 0 Å². The lowest BCUT2D eigenvalue weighted by Gasteiger charge is -2.23. The SMILES string of the molecule is Cc1cnc([C@@H](NC(=O)Cc2ccc3oc([C@@H](OCC(C)(C)N)c4c(C)noc4C)cc3c2)c2ccccc2)c(C)c1.Cc1cnc([C@@H](NC(=O)Cc2ccc3oc([C@H](OCC(C)(C)N)c4c(C)noc4C)cc3c2)c2ccccc2)c(C)c1. The zero-order valence-electron chi connectivity index (χ0n) is 50.0. The number of nitrogens with one attached hydrogen (secondary N) is 2. The number of pyridine rings is 2. The summed E-state index contributed by atoms with van der Waals surface area (Å²) in [5.41, 5.74) is 25.5. The standard InChI is InChI=1S/2C34H38N4O4/c2*1-20-14-21(2)31(36-18-20)32(25-10-8-7-9-11-25)37-29(39)16-24-12-13-27-26(15-24)17-28(41-27)33(40-19-34(5,6)35)30-22(3)38-42-23(30)4/h2*7-15,17-18,32-33H,16,19,35H2,1-6H3,(H,37,39)/t32-,33+;32-,33-/m00/s1. The molecule has 10 rings (SSSR count). The van der Waals surface area contributed by atoms with Gasteiger partial charge in [-0.05, 0) is 164 Å². The lowest BCUT2D eigenvalue weighted by Crippen LogP contribution is -2.38. The van der Waals surface area contributed by atoms with Crippen LogP contribution in [0.1, 0.15) is 153 Å². The van der Waals surface area contributed by atoms with Gasteiger partial charge < -0.3 is 49.5 Å². The molecule has 16 heteroatoms. The van der Waals surface area contributed by atoms with Crippen LogP contribution < -0.4 is 22.1 Å². The molecule has 0 bridgehead atoms. The molecule has 6 heterocycles. The van der Waals surface area contributed by atoms with Gasteiger partial charge in [0.2, 0.25) is 11.8 Å². The monoisotopic (exact) mass is 1130 g/mol. The number of furan rings is 2. The number of ether oxygens (including phenoxy) is 2. The van der Waals surface area contributed by atoms with Gasteiger partial charge in [-0.3, -0.25) is 19.6 Å². The minimum atomic E-state index is -0.534. The summed E-state index contributed by atoms with van der Waals surface area (Å²) in [5.74, 6) is 2.37. The quantitative estimate of drug-likeness (QED) is 0.0556. The van der Waals surface area contributed by atoms with Crippen molar-refractivity contribution >= 4 is 33.8 Å². The number of hydrogen-bond acceptors (Lipinski definition) is 14. The minimum absolute atomic E-state index is 0.101.